The Morgan fingerprint density at radius 2 is 2.26 bits per heavy atom. The van der Waals surface area contributed by atoms with Gasteiger partial charge in [-0.3, -0.25) is 4.79 Å². The number of fused-ring (bicyclic) bond motifs is 1. The van der Waals surface area contributed by atoms with E-state index in [2.05, 4.69) is 13.5 Å². The summed E-state index contributed by atoms with van der Waals surface area (Å²) in [4.78, 5) is 12.8. The second-order valence-corrected chi connectivity index (χ2v) is 5.32. The number of allylic oxidation sites excluding steroid dienone is 1. The fraction of sp³-hybridized carbons (Fsp3) is 0.471. The van der Waals surface area contributed by atoms with Gasteiger partial charge in [-0.25, -0.2) is 0 Å². The molecule has 1 atom stereocenters. The SMILES string of the molecule is C=CC1(CCCC)CCc2cc(OC)ccc2C1=O. The van der Waals surface area contributed by atoms with Crippen LogP contribution >= 0.6 is 0 Å². The summed E-state index contributed by atoms with van der Waals surface area (Å²) < 4.78 is 5.23. The topological polar surface area (TPSA) is 26.3 Å². The number of carbonyl (C=O) groups is 1. The van der Waals surface area contributed by atoms with Gasteiger partial charge < -0.3 is 4.74 Å². The van der Waals surface area contributed by atoms with Crippen LogP contribution in [0.25, 0.3) is 0 Å². The highest BCUT2D eigenvalue weighted by Gasteiger charge is 2.39. The molecule has 0 saturated heterocycles. The van der Waals surface area contributed by atoms with Crippen molar-refractivity contribution in [3.63, 3.8) is 0 Å². The van der Waals surface area contributed by atoms with E-state index in [1.54, 1.807) is 7.11 Å². The zero-order valence-electron chi connectivity index (χ0n) is 11.9. The smallest absolute Gasteiger partial charge is 0.173 e. The fourth-order valence-electron chi connectivity index (χ4n) is 2.89. The number of aryl methyl sites for hydroxylation is 1. The Morgan fingerprint density at radius 3 is 2.89 bits per heavy atom. The largest absolute Gasteiger partial charge is 0.497 e. The Bertz CT molecular complexity index is 490. The van der Waals surface area contributed by atoms with Crippen molar-refractivity contribution in [1.82, 2.24) is 0 Å². The van der Waals surface area contributed by atoms with E-state index in [0.717, 1.165) is 49.0 Å². The van der Waals surface area contributed by atoms with Crippen molar-refractivity contribution in [3.05, 3.63) is 42.0 Å². The van der Waals surface area contributed by atoms with Gasteiger partial charge in [0, 0.05) is 5.56 Å². The van der Waals surface area contributed by atoms with Gasteiger partial charge in [0.25, 0.3) is 0 Å². The van der Waals surface area contributed by atoms with Gasteiger partial charge >= 0.3 is 0 Å². The molecule has 0 aromatic heterocycles. The zero-order chi connectivity index (χ0) is 13.9. The molecule has 2 nitrogen and oxygen atoms in total. The van der Waals surface area contributed by atoms with Crippen LogP contribution in [0.2, 0.25) is 0 Å². The molecule has 2 heteroatoms. The standard InChI is InChI=1S/C17H22O2/c1-4-6-10-17(5-2)11-9-13-12-14(19-3)7-8-15(13)16(17)18/h5,7-8,12H,2,4,6,9-11H2,1,3H3. The molecule has 1 aromatic rings. The molecule has 0 radical (unpaired) electrons. The molecule has 0 saturated carbocycles. The third-order valence-corrected chi connectivity index (χ3v) is 4.22. The Kier molecular flexibility index (Phi) is 4.08. The van der Waals surface area contributed by atoms with E-state index in [4.69, 9.17) is 4.74 Å². The van der Waals surface area contributed by atoms with E-state index in [9.17, 15) is 4.79 Å². The number of methoxy groups -OCH3 is 1. The quantitative estimate of drug-likeness (QED) is 0.740. The summed E-state index contributed by atoms with van der Waals surface area (Å²) >= 11 is 0. The predicted octanol–water partition coefficient (Wildman–Crippen LogP) is 4.19. The minimum Gasteiger partial charge on any atom is -0.497 e. The maximum Gasteiger partial charge on any atom is 0.173 e. The summed E-state index contributed by atoms with van der Waals surface area (Å²) in [6.45, 7) is 6.08. The summed E-state index contributed by atoms with van der Waals surface area (Å²) in [5.74, 6) is 1.06. The molecule has 1 aromatic carbocycles. The van der Waals surface area contributed by atoms with Gasteiger partial charge in [0.15, 0.2) is 5.78 Å². The van der Waals surface area contributed by atoms with Crippen LogP contribution < -0.4 is 4.74 Å². The average molecular weight is 258 g/mol. The average Bonchev–Trinajstić information content (AvgIpc) is 2.47. The maximum atomic E-state index is 12.8. The highest BCUT2D eigenvalue weighted by Crippen LogP contribution is 2.41. The van der Waals surface area contributed by atoms with Gasteiger partial charge in [-0.2, -0.15) is 0 Å². The first-order valence-corrected chi connectivity index (χ1v) is 7.02. The summed E-state index contributed by atoms with van der Waals surface area (Å²) in [6, 6.07) is 5.76. The molecule has 0 bridgehead atoms. The van der Waals surface area contributed by atoms with Gasteiger partial charge in [-0.05, 0) is 43.0 Å². The van der Waals surface area contributed by atoms with Crippen LogP contribution in [-0.4, -0.2) is 12.9 Å². The molecular formula is C17H22O2. The molecule has 0 amide bonds. The lowest BCUT2D eigenvalue weighted by atomic mass is 9.68. The monoisotopic (exact) mass is 258 g/mol. The first kappa shape index (κ1) is 13.9. The maximum absolute atomic E-state index is 12.8. The van der Waals surface area contributed by atoms with Crippen molar-refractivity contribution >= 4 is 5.78 Å². The zero-order valence-corrected chi connectivity index (χ0v) is 11.9. The van der Waals surface area contributed by atoms with E-state index in [0.29, 0.717) is 0 Å². The summed E-state index contributed by atoms with van der Waals surface area (Å²) in [5, 5.41) is 0. The number of hydrogen-bond donors (Lipinski definition) is 0. The molecule has 102 valence electrons. The summed E-state index contributed by atoms with van der Waals surface area (Å²) in [6.07, 6.45) is 6.76. The highest BCUT2D eigenvalue weighted by molar-refractivity contribution is 6.04. The van der Waals surface area contributed by atoms with Crippen LogP contribution in [0.4, 0.5) is 0 Å². The van der Waals surface area contributed by atoms with Crippen molar-refractivity contribution in [3.8, 4) is 5.75 Å². The molecule has 1 aliphatic carbocycles. The Hall–Kier alpha value is -1.57. The molecule has 1 aliphatic rings. The molecule has 0 aliphatic heterocycles. The van der Waals surface area contributed by atoms with Crippen LogP contribution in [0.3, 0.4) is 0 Å². The van der Waals surface area contributed by atoms with Crippen LogP contribution in [0.1, 0.15) is 48.5 Å². The lowest BCUT2D eigenvalue weighted by Gasteiger charge is -2.34. The Morgan fingerprint density at radius 1 is 1.47 bits per heavy atom. The molecule has 0 N–H and O–H groups in total. The van der Waals surface area contributed by atoms with E-state index in [1.165, 1.54) is 0 Å². The number of unbranched alkanes of at least 4 members (excludes halogenated alkanes) is 1. The van der Waals surface area contributed by atoms with E-state index in [-0.39, 0.29) is 11.2 Å². The molecule has 1 unspecified atom stereocenters. The highest BCUT2D eigenvalue weighted by atomic mass is 16.5. The third kappa shape index (κ3) is 2.44. The molecule has 0 spiro atoms. The molecule has 0 heterocycles. The van der Waals surface area contributed by atoms with Crippen molar-refractivity contribution in [2.75, 3.05) is 7.11 Å². The first-order chi connectivity index (χ1) is 9.16. The minimum absolute atomic E-state index is 0.236. The fourth-order valence-corrected chi connectivity index (χ4v) is 2.89. The molecular weight excluding hydrogens is 236 g/mol. The van der Waals surface area contributed by atoms with Crippen molar-refractivity contribution < 1.29 is 9.53 Å². The lowest BCUT2D eigenvalue weighted by Crippen LogP contribution is -2.34. The number of ether oxygens (including phenoxy) is 1. The number of rotatable bonds is 5. The van der Waals surface area contributed by atoms with Crippen LogP contribution in [0.5, 0.6) is 5.75 Å². The van der Waals surface area contributed by atoms with Crippen molar-refractivity contribution in [2.24, 2.45) is 5.41 Å². The number of carbonyl (C=O) groups excluding carboxylic acids is 1. The van der Waals surface area contributed by atoms with Gasteiger partial charge in [0.1, 0.15) is 5.75 Å². The Labute approximate surface area is 115 Å². The number of hydrogen-bond acceptors (Lipinski definition) is 2. The van der Waals surface area contributed by atoms with E-state index < -0.39 is 0 Å². The Balaban J connectivity index is 2.35. The second kappa shape index (κ2) is 5.60. The lowest BCUT2D eigenvalue weighted by molar-refractivity contribution is 0.0810. The van der Waals surface area contributed by atoms with Gasteiger partial charge in [0.2, 0.25) is 0 Å². The number of benzene rings is 1. The molecule has 0 fully saturated rings. The predicted molar refractivity (Wildman–Crippen MR) is 77.8 cm³/mol. The number of Topliss-reactive ketones (excluding diaryl/α,β-unsaturated/α-hetero) is 1. The third-order valence-electron chi connectivity index (χ3n) is 4.22. The van der Waals surface area contributed by atoms with Crippen LogP contribution in [-0.2, 0) is 6.42 Å². The molecule has 19 heavy (non-hydrogen) atoms. The van der Waals surface area contributed by atoms with E-state index >= 15 is 0 Å². The minimum atomic E-state index is -0.350. The van der Waals surface area contributed by atoms with Crippen LogP contribution in [0.15, 0.2) is 30.9 Å². The van der Waals surface area contributed by atoms with E-state index in [1.807, 2.05) is 24.3 Å². The van der Waals surface area contributed by atoms with Gasteiger partial charge in [-0.1, -0.05) is 25.8 Å². The van der Waals surface area contributed by atoms with Gasteiger partial charge in [-0.15, -0.1) is 6.58 Å². The summed E-state index contributed by atoms with van der Waals surface area (Å²) in [5.41, 5.74) is 1.61. The second-order valence-electron chi connectivity index (χ2n) is 5.32. The molecule has 2 rings (SSSR count). The first-order valence-electron chi connectivity index (χ1n) is 7.02. The summed E-state index contributed by atoms with van der Waals surface area (Å²) in [7, 11) is 1.65. The van der Waals surface area contributed by atoms with Gasteiger partial charge in [0.05, 0.1) is 12.5 Å². The van der Waals surface area contributed by atoms with Crippen molar-refractivity contribution in [1.29, 1.82) is 0 Å². The van der Waals surface area contributed by atoms with Crippen molar-refractivity contribution in [2.45, 2.75) is 39.0 Å². The normalized spacial score (nSPS) is 21.9. The number of ketones is 1. The van der Waals surface area contributed by atoms with Crippen LogP contribution in [0, 0.1) is 5.41 Å².